The summed E-state index contributed by atoms with van der Waals surface area (Å²) < 4.78 is 30.2. The van der Waals surface area contributed by atoms with Crippen LogP contribution in [0.15, 0.2) is 33.7 Å². The van der Waals surface area contributed by atoms with E-state index in [0.717, 1.165) is 10.2 Å². The Balaban J connectivity index is 1.77. The van der Waals surface area contributed by atoms with Crippen LogP contribution in [0, 0.1) is 0 Å². The van der Waals surface area contributed by atoms with Crippen molar-refractivity contribution >= 4 is 60.4 Å². The average molecular weight is 504 g/mol. The summed E-state index contributed by atoms with van der Waals surface area (Å²) >= 11 is 4.67. The van der Waals surface area contributed by atoms with Crippen molar-refractivity contribution in [2.75, 3.05) is 23.0 Å². The topological polar surface area (TPSA) is 105 Å². The Hall–Kier alpha value is -1.59. The number of hydrogen-bond donors (Lipinski definition) is 1. The highest BCUT2D eigenvalue weighted by molar-refractivity contribution is 9.10. The first kappa shape index (κ1) is 22.1. The van der Waals surface area contributed by atoms with E-state index in [1.54, 1.807) is 25.7 Å². The molecule has 2 amide bonds. The van der Waals surface area contributed by atoms with Gasteiger partial charge < -0.3 is 15.0 Å². The number of rotatable bonds is 3. The minimum Gasteiger partial charge on any atom is -0.444 e. The second-order valence-electron chi connectivity index (χ2n) is 7.79. The summed E-state index contributed by atoms with van der Waals surface area (Å²) in [6.45, 7) is 4.88. The quantitative estimate of drug-likeness (QED) is 0.675. The van der Waals surface area contributed by atoms with Gasteiger partial charge in [0.05, 0.1) is 17.5 Å². The summed E-state index contributed by atoms with van der Waals surface area (Å²) in [5.74, 6) is -0.466. The van der Waals surface area contributed by atoms with Crippen LogP contribution < -0.4 is 10.2 Å². The Kier molecular flexibility index (Phi) is 6.30. The maximum atomic E-state index is 12.3. The van der Waals surface area contributed by atoms with Gasteiger partial charge in [-0.3, -0.25) is 4.79 Å². The van der Waals surface area contributed by atoms with Gasteiger partial charge in [-0.2, -0.15) is 4.99 Å². The van der Waals surface area contributed by atoms with E-state index in [-0.39, 0.29) is 29.3 Å². The van der Waals surface area contributed by atoms with Gasteiger partial charge in [0.15, 0.2) is 15.0 Å². The molecular weight excluding hydrogens is 482 g/mol. The fraction of sp³-hybridized carbons (Fsp3) is 0.500. The molecule has 2 aliphatic rings. The van der Waals surface area contributed by atoms with Crippen LogP contribution in [-0.2, 0) is 19.4 Å². The number of halogens is 1. The van der Waals surface area contributed by atoms with Crippen LogP contribution in [0.2, 0.25) is 0 Å². The molecule has 2 aliphatic heterocycles. The van der Waals surface area contributed by atoms with E-state index in [1.807, 2.05) is 24.3 Å². The molecule has 0 aliphatic carbocycles. The molecule has 0 bridgehead atoms. The molecular formula is C18H22BrN3O5S2. The van der Waals surface area contributed by atoms with E-state index >= 15 is 0 Å². The number of thioether (sulfide) groups is 1. The number of ether oxygens (including phenoxy) is 1. The van der Waals surface area contributed by atoms with Crippen LogP contribution in [0.3, 0.4) is 0 Å². The molecule has 158 valence electrons. The molecule has 1 aromatic carbocycles. The number of nitrogens with one attached hydrogen (secondary N) is 1. The van der Waals surface area contributed by atoms with Crippen molar-refractivity contribution in [3.05, 3.63) is 28.7 Å². The molecule has 11 heteroatoms. The minimum atomic E-state index is -3.13. The maximum Gasteiger partial charge on any atom is 0.408 e. The molecule has 3 rings (SSSR count). The summed E-state index contributed by atoms with van der Waals surface area (Å²) in [6, 6.07) is 7.10. The Morgan fingerprint density at radius 3 is 2.55 bits per heavy atom. The molecule has 2 atom stereocenters. The third-order valence-electron chi connectivity index (χ3n) is 4.17. The molecule has 2 heterocycles. The highest BCUT2D eigenvalue weighted by Crippen LogP contribution is 2.41. The predicted molar refractivity (Wildman–Crippen MR) is 117 cm³/mol. The van der Waals surface area contributed by atoms with Crippen molar-refractivity contribution < 1.29 is 22.7 Å². The van der Waals surface area contributed by atoms with Crippen molar-refractivity contribution in [3.8, 4) is 0 Å². The number of anilines is 1. The lowest BCUT2D eigenvalue weighted by Gasteiger charge is -2.24. The summed E-state index contributed by atoms with van der Waals surface area (Å²) in [6.07, 6.45) is -0.696. The second kappa shape index (κ2) is 8.27. The number of hydrogen-bond acceptors (Lipinski definition) is 6. The first-order chi connectivity index (χ1) is 13.4. The third kappa shape index (κ3) is 5.73. The van der Waals surface area contributed by atoms with Crippen LogP contribution in [-0.4, -0.2) is 60.5 Å². The first-order valence-electron chi connectivity index (χ1n) is 8.94. The van der Waals surface area contributed by atoms with Crippen molar-refractivity contribution in [1.82, 2.24) is 5.32 Å². The van der Waals surface area contributed by atoms with Gasteiger partial charge in [0.1, 0.15) is 12.1 Å². The summed E-state index contributed by atoms with van der Waals surface area (Å²) in [5.41, 5.74) is 0.0960. The maximum absolute atomic E-state index is 12.3. The van der Waals surface area contributed by atoms with Crippen LogP contribution >= 0.6 is 27.7 Å². The monoisotopic (exact) mass is 503 g/mol. The molecule has 2 saturated heterocycles. The molecule has 0 radical (unpaired) electrons. The van der Waals surface area contributed by atoms with Gasteiger partial charge in [0.2, 0.25) is 0 Å². The smallest absolute Gasteiger partial charge is 0.408 e. The number of carbonyl (C=O) groups excluding carboxylic acids is 2. The number of aliphatic imine (C=N–C) groups is 1. The Morgan fingerprint density at radius 2 is 1.93 bits per heavy atom. The number of carbonyl (C=O) groups is 2. The van der Waals surface area contributed by atoms with Gasteiger partial charge in [-0.25, -0.2) is 13.2 Å². The van der Waals surface area contributed by atoms with Crippen LogP contribution in [0.4, 0.5) is 10.5 Å². The first-order valence-corrected chi connectivity index (χ1v) is 12.4. The van der Waals surface area contributed by atoms with Crippen LogP contribution in [0.25, 0.3) is 0 Å². The zero-order chi connectivity index (χ0) is 21.4. The third-order valence-corrected chi connectivity index (χ3v) is 7.91. The molecule has 0 spiro atoms. The van der Waals surface area contributed by atoms with Gasteiger partial charge in [-0.15, -0.1) is 0 Å². The van der Waals surface area contributed by atoms with E-state index < -0.39 is 27.4 Å². The predicted octanol–water partition coefficient (Wildman–Crippen LogP) is 2.58. The normalized spacial score (nSPS) is 24.4. The number of nitrogens with zero attached hydrogens (tertiary/aromatic N) is 2. The highest BCUT2D eigenvalue weighted by Gasteiger charge is 2.49. The lowest BCUT2D eigenvalue weighted by Crippen LogP contribution is -2.38. The van der Waals surface area contributed by atoms with Gasteiger partial charge >= 0.3 is 6.09 Å². The number of amidine groups is 1. The van der Waals surface area contributed by atoms with Crippen LogP contribution in [0.1, 0.15) is 20.8 Å². The number of amides is 2. The standard InChI is InChI=1S/C18H22BrN3O5S2/c1-18(2,3)27-17(24)20-8-15(23)21-16-22(12-6-4-11(19)5-7-12)13-9-29(25,26)10-14(13)28-16/h4-7,13-14H,8-10H2,1-3H3,(H,20,24)/t13-,14+/m0/s1. The fourth-order valence-electron chi connectivity index (χ4n) is 3.08. The highest BCUT2D eigenvalue weighted by atomic mass is 79.9. The van der Waals surface area contributed by atoms with Crippen molar-refractivity contribution in [3.63, 3.8) is 0 Å². The summed E-state index contributed by atoms with van der Waals surface area (Å²) in [5, 5.41) is 2.64. The molecule has 0 unspecified atom stereocenters. The fourth-order valence-corrected chi connectivity index (χ4v) is 7.27. The van der Waals surface area contributed by atoms with Crippen molar-refractivity contribution in [1.29, 1.82) is 0 Å². The van der Waals surface area contributed by atoms with Crippen molar-refractivity contribution in [2.45, 2.75) is 37.7 Å². The Morgan fingerprint density at radius 1 is 1.28 bits per heavy atom. The van der Waals surface area contributed by atoms with Gasteiger partial charge in [0, 0.05) is 15.4 Å². The van der Waals surface area contributed by atoms with E-state index in [9.17, 15) is 18.0 Å². The molecule has 0 saturated carbocycles. The Labute approximate surface area is 182 Å². The SMILES string of the molecule is CC(C)(C)OC(=O)NCC(=O)N=C1S[C@@H]2CS(=O)(=O)C[C@@H]2N1c1ccc(Br)cc1. The number of alkyl carbamates (subject to hydrolysis) is 1. The van der Waals surface area contributed by atoms with E-state index in [0.29, 0.717) is 5.17 Å². The lowest BCUT2D eigenvalue weighted by atomic mass is 10.2. The molecule has 1 N–H and O–H groups in total. The average Bonchev–Trinajstić information content (AvgIpc) is 3.03. The van der Waals surface area contributed by atoms with Gasteiger partial charge in [-0.05, 0) is 45.0 Å². The lowest BCUT2D eigenvalue weighted by molar-refractivity contribution is -0.117. The zero-order valence-electron chi connectivity index (χ0n) is 16.2. The van der Waals surface area contributed by atoms with E-state index in [1.165, 1.54) is 11.8 Å². The number of benzene rings is 1. The molecule has 1 aromatic rings. The molecule has 2 fully saturated rings. The van der Waals surface area contributed by atoms with Crippen LogP contribution in [0.5, 0.6) is 0 Å². The summed E-state index contributed by atoms with van der Waals surface area (Å²) in [4.78, 5) is 30.0. The molecule has 29 heavy (non-hydrogen) atoms. The molecule has 0 aromatic heterocycles. The van der Waals surface area contributed by atoms with Crippen molar-refractivity contribution in [2.24, 2.45) is 4.99 Å². The zero-order valence-corrected chi connectivity index (χ0v) is 19.4. The number of fused-ring (bicyclic) bond motifs is 1. The Bertz CT molecular complexity index is 941. The largest absolute Gasteiger partial charge is 0.444 e. The van der Waals surface area contributed by atoms with Gasteiger partial charge in [0.25, 0.3) is 5.91 Å². The van der Waals surface area contributed by atoms with Gasteiger partial charge in [-0.1, -0.05) is 27.7 Å². The number of sulfone groups is 1. The van der Waals surface area contributed by atoms with E-state index in [4.69, 9.17) is 4.74 Å². The molecule has 8 nitrogen and oxygen atoms in total. The summed E-state index contributed by atoms with van der Waals surface area (Å²) in [7, 11) is -3.13. The second-order valence-corrected chi connectivity index (χ2v) is 12.1. The minimum absolute atomic E-state index is 0.0180. The van der Waals surface area contributed by atoms with E-state index in [2.05, 4.69) is 26.2 Å².